The van der Waals surface area contributed by atoms with E-state index in [0.29, 0.717) is 18.6 Å². The van der Waals surface area contributed by atoms with Crippen molar-refractivity contribution in [3.63, 3.8) is 0 Å². The van der Waals surface area contributed by atoms with Crippen molar-refractivity contribution in [2.45, 2.75) is 12.5 Å². The highest BCUT2D eigenvalue weighted by Crippen LogP contribution is 2.36. The fourth-order valence-corrected chi connectivity index (χ4v) is 6.00. The van der Waals surface area contributed by atoms with E-state index in [1.165, 1.54) is 7.05 Å². The first-order valence-electron chi connectivity index (χ1n) is 8.82. The maximum absolute atomic E-state index is 10.9. The second kappa shape index (κ2) is 13.9. The molecular weight excluding hydrogens is 888 g/mol. The molecule has 8 N–H and O–H groups in total. The first-order valence-corrected chi connectivity index (χ1v) is 13.1. The van der Waals surface area contributed by atoms with E-state index in [4.69, 9.17) is 31.8 Å². The zero-order valence-electron chi connectivity index (χ0n) is 17.0. The smallest absolute Gasteiger partial charge is 0.323 e. The van der Waals surface area contributed by atoms with Crippen LogP contribution in [-0.2, 0) is 16.0 Å². The number of guanidine groups is 1. The van der Waals surface area contributed by atoms with Gasteiger partial charge in [-0.2, -0.15) is 0 Å². The van der Waals surface area contributed by atoms with Crippen molar-refractivity contribution >= 4 is 108 Å². The van der Waals surface area contributed by atoms with Crippen LogP contribution in [0.25, 0.3) is 0 Å². The van der Waals surface area contributed by atoms with Gasteiger partial charge in [-0.1, -0.05) is 0 Å². The summed E-state index contributed by atoms with van der Waals surface area (Å²) in [5.41, 5.74) is 11.4. The molecule has 0 aromatic heterocycles. The third-order valence-electron chi connectivity index (χ3n) is 3.82. The van der Waals surface area contributed by atoms with E-state index < -0.39 is 18.0 Å². The largest absolute Gasteiger partial charge is 0.506 e. The molecule has 0 spiro atoms. The maximum Gasteiger partial charge on any atom is 0.323 e. The Bertz CT molecular complexity index is 1010. The summed E-state index contributed by atoms with van der Waals surface area (Å²) in [6.45, 7) is -0.227. The Morgan fingerprint density at radius 1 is 1.06 bits per heavy atom. The lowest BCUT2D eigenvalue weighted by atomic mass is 10.1. The minimum Gasteiger partial charge on any atom is -0.506 e. The second-order valence-electron chi connectivity index (χ2n) is 6.51. The minimum atomic E-state index is -1.02. The van der Waals surface area contributed by atoms with Gasteiger partial charge in [-0.3, -0.25) is 15.0 Å². The summed E-state index contributed by atoms with van der Waals surface area (Å²) in [7, 11) is 1.44. The number of phenols is 1. The molecule has 2 aromatic carbocycles. The molecule has 0 bridgehead atoms. The predicted molar refractivity (Wildman–Crippen MR) is 157 cm³/mol. The van der Waals surface area contributed by atoms with Crippen LogP contribution in [0.4, 0.5) is 0 Å². The lowest BCUT2D eigenvalue weighted by molar-refractivity contribution is -0.139. The van der Waals surface area contributed by atoms with Crippen LogP contribution in [-0.4, -0.2) is 57.8 Å². The lowest BCUT2D eigenvalue weighted by Gasteiger charge is -2.14. The average molecular weight is 908 g/mol. The maximum atomic E-state index is 10.9. The number of ether oxygens (including phenoxy) is 1. The van der Waals surface area contributed by atoms with Gasteiger partial charge in [0.2, 0.25) is 0 Å². The summed E-state index contributed by atoms with van der Waals surface area (Å²) in [4.78, 5) is 21.9. The summed E-state index contributed by atoms with van der Waals surface area (Å²) >= 11 is 8.42. The number of rotatable bonds is 7. The molecular formula is C19H20I4N4O6. The van der Waals surface area contributed by atoms with Gasteiger partial charge in [-0.25, -0.2) is 0 Å². The van der Waals surface area contributed by atoms with Gasteiger partial charge in [0.05, 0.1) is 14.3 Å². The molecule has 2 rings (SSSR count). The average Bonchev–Trinajstić information content (AvgIpc) is 2.68. The monoisotopic (exact) mass is 908 g/mol. The van der Waals surface area contributed by atoms with Gasteiger partial charge in [0.15, 0.2) is 11.7 Å². The first-order chi connectivity index (χ1) is 15.2. The van der Waals surface area contributed by atoms with Crippen LogP contribution in [0.2, 0.25) is 0 Å². The molecule has 0 aliphatic rings. The van der Waals surface area contributed by atoms with Crippen LogP contribution in [0.3, 0.4) is 0 Å². The Kier molecular flexibility index (Phi) is 12.7. The predicted octanol–water partition coefficient (Wildman–Crippen LogP) is 3.45. The number of nitrogens with zero attached hydrogens (tertiary/aromatic N) is 1. The van der Waals surface area contributed by atoms with Crippen molar-refractivity contribution in [2.24, 2.45) is 11.5 Å². The van der Waals surface area contributed by atoms with E-state index in [-0.39, 0.29) is 24.7 Å². The standard InChI is InChI=1S/C15H11I4NO4.C4H9N3O2/c16-8-4-7(5-9(17)13(8)21)24-14-10(18)1-6(2-11(14)19)3-12(20)15(22)23;1-7(4(5)6)2-3(8)9/h1-2,4-5,12,21H,3,20H2,(H,22,23);2H2,1H3,(H3,5,6)(H,8,9). The fraction of sp³-hybridized carbons (Fsp3) is 0.211. The fourth-order valence-electron chi connectivity index (χ4n) is 2.18. The van der Waals surface area contributed by atoms with Crippen molar-refractivity contribution in [2.75, 3.05) is 13.6 Å². The van der Waals surface area contributed by atoms with Crippen LogP contribution < -0.4 is 16.2 Å². The van der Waals surface area contributed by atoms with E-state index >= 15 is 0 Å². The Morgan fingerprint density at radius 3 is 1.91 bits per heavy atom. The molecule has 14 heteroatoms. The van der Waals surface area contributed by atoms with Crippen molar-refractivity contribution in [3.8, 4) is 17.2 Å². The molecule has 2 aromatic rings. The quantitative estimate of drug-likeness (QED) is 0.138. The van der Waals surface area contributed by atoms with Crippen molar-refractivity contribution in [1.82, 2.24) is 4.90 Å². The molecule has 0 saturated heterocycles. The van der Waals surface area contributed by atoms with Crippen molar-refractivity contribution < 1.29 is 29.6 Å². The number of hydrogen-bond acceptors (Lipinski definition) is 6. The highest BCUT2D eigenvalue weighted by molar-refractivity contribution is 14.1. The topological polar surface area (TPSA) is 183 Å². The SMILES string of the molecule is CN(CC(=O)O)C(=N)N.NC(Cc1cc(I)c(Oc2cc(I)c(O)c(I)c2)c(I)c1)C(=O)O. The van der Waals surface area contributed by atoms with Gasteiger partial charge in [0.1, 0.15) is 24.1 Å². The zero-order chi connectivity index (χ0) is 25.5. The molecule has 0 aliphatic heterocycles. The summed E-state index contributed by atoms with van der Waals surface area (Å²) in [6.07, 6.45) is 0.261. The molecule has 33 heavy (non-hydrogen) atoms. The van der Waals surface area contributed by atoms with Gasteiger partial charge < -0.3 is 36.4 Å². The summed E-state index contributed by atoms with van der Waals surface area (Å²) < 4.78 is 9.14. The third-order valence-corrected chi connectivity index (χ3v) is 7.07. The van der Waals surface area contributed by atoms with Gasteiger partial charge in [-0.05, 0) is 127 Å². The zero-order valence-corrected chi connectivity index (χ0v) is 25.6. The van der Waals surface area contributed by atoms with Crippen LogP contribution in [0.1, 0.15) is 5.56 Å². The molecule has 0 fully saturated rings. The molecule has 0 aliphatic carbocycles. The summed E-state index contributed by atoms with van der Waals surface area (Å²) in [5.74, 6) is -0.682. The Hall–Kier alpha value is -0.870. The van der Waals surface area contributed by atoms with Crippen LogP contribution >= 0.6 is 90.4 Å². The molecule has 10 nitrogen and oxygen atoms in total. The second-order valence-corrected chi connectivity index (χ2v) is 11.2. The number of aliphatic carboxylic acids is 2. The number of carboxylic acids is 2. The summed E-state index contributed by atoms with van der Waals surface area (Å²) in [6, 6.07) is 6.34. The lowest BCUT2D eigenvalue weighted by Crippen LogP contribution is -2.36. The molecule has 1 unspecified atom stereocenters. The minimum absolute atomic E-state index is 0.227. The normalized spacial score (nSPS) is 11.1. The van der Waals surface area contributed by atoms with E-state index in [2.05, 4.69) is 90.4 Å². The number of carbonyl (C=O) groups is 2. The van der Waals surface area contributed by atoms with Crippen LogP contribution in [0.15, 0.2) is 24.3 Å². The number of benzene rings is 2. The van der Waals surface area contributed by atoms with Gasteiger partial charge in [-0.15, -0.1) is 0 Å². The van der Waals surface area contributed by atoms with E-state index in [9.17, 15) is 14.7 Å². The van der Waals surface area contributed by atoms with Gasteiger partial charge in [0.25, 0.3) is 0 Å². The molecule has 1 atom stereocenters. The highest BCUT2D eigenvalue weighted by atomic mass is 127. The third kappa shape index (κ3) is 10.1. The van der Waals surface area contributed by atoms with E-state index in [0.717, 1.165) is 17.6 Å². The van der Waals surface area contributed by atoms with E-state index in [1.807, 2.05) is 12.1 Å². The Morgan fingerprint density at radius 2 is 1.55 bits per heavy atom. The van der Waals surface area contributed by atoms with Crippen LogP contribution in [0.5, 0.6) is 17.2 Å². The molecule has 0 radical (unpaired) electrons. The molecule has 180 valence electrons. The van der Waals surface area contributed by atoms with Gasteiger partial charge in [0, 0.05) is 7.05 Å². The number of aromatic hydroxyl groups is 1. The number of carboxylic acid groups (broad SMARTS) is 2. The van der Waals surface area contributed by atoms with Crippen molar-refractivity contribution in [3.05, 3.63) is 44.1 Å². The molecule has 0 heterocycles. The number of phenolic OH excluding ortho intramolecular Hbond substituents is 1. The Labute approximate surface area is 244 Å². The number of hydrogen-bond donors (Lipinski definition) is 6. The number of nitrogens with two attached hydrogens (primary N) is 2. The first kappa shape index (κ1) is 30.2. The molecule has 0 saturated carbocycles. The van der Waals surface area contributed by atoms with Gasteiger partial charge >= 0.3 is 11.9 Å². The molecule has 0 amide bonds. The highest BCUT2D eigenvalue weighted by Gasteiger charge is 2.16. The summed E-state index contributed by atoms with van der Waals surface area (Å²) in [5, 5.41) is 33.6. The van der Waals surface area contributed by atoms with E-state index in [1.54, 1.807) is 12.1 Å². The number of likely N-dealkylation sites (N-methyl/N-ethyl adjacent to an activating group) is 1. The Balaban J connectivity index is 0.000000513. The van der Waals surface area contributed by atoms with Crippen LogP contribution in [0, 0.1) is 19.7 Å². The number of halogens is 4. The number of nitrogens with one attached hydrogen (secondary N) is 1. The van der Waals surface area contributed by atoms with Crippen molar-refractivity contribution in [1.29, 1.82) is 5.41 Å².